The van der Waals surface area contributed by atoms with E-state index in [2.05, 4.69) is 30.4 Å². The van der Waals surface area contributed by atoms with Gasteiger partial charge >= 0.3 is 0 Å². The van der Waals surface area contributed by atoms with E-state index in [9.17, 15) is 0 Å². The Labute approximate surface area is 125 Å². The van der Waals surface area contributed by atoms with Gasteiger partial charge in [-0.3, -0.25) is 0 Å². The summed E-state index contributed by atoms with van der Waals surface area (Å²) < 4.78 is 5.58. The van der Waals surface area contributed by atoms with Crippen molar-refractivity contribution >= 4 is 11.6 Å². The number of hydrogen-bond donors (Lipinski definition) is 1. The molecule has 0 bridgehead atoms. The molecule has 3 heteroatoms. The van der Waals surface area contributed by atoms with Gasteiger partial charge in [-0.25, -0.2) is 0 Å². The lowest BCUT2D eigenvalue weighted by atomic mass is 9.95. The van der Waals surface area contributed by atoms with Crippen molar-refractivity contribution in [3.05, 3.63) is 64.2 Å². The van der Waals surface area contributed by atoms with Gasteiger partial charge in [-0.2, -0.15) is 0 Å². The molecule has 2 nitrogen and oxygen atoms in total. The molecule has 1 unspecified atom stereocenters. The van der Waals surface area contributed by atoms with Crippen LogP contribution >= 0.6 is 11.6 Å². The van der Waals surface area contributed by atoms with Crippen molar-refractivity contribution in [2.45, 2.75) is 19.9 Å². The SMILES string of the molecule is CCOc1cccc(C(NC)c2ccc(Cl)cc2C)c1. The number of halogens is 1. The van der Waals surface area contributed by atoms with Crippen molar-refractivity contribution < 1.29 is 4.74 Å². The van der Waals surface area contributed by atoms with Crippen molar-refractivity contribution in [2.75, 3.05) is 13.7 Å². The first kappa shape index (κ1) is 14.9. The van der Waals surface area contributed by atoms with Crippen LogP contribution in [0.5, 0.6) is 5.75 Å². The van der Waals surface area contributed by atoms with E-state index >= 15 is 0 Å². The van der Waals surface area contributed by atoms with Crippen molar-refractivity contribution in [2.24, 2.45) is 0 Å². The minimum atomic E-state index is 0.132. The predicted octanol–water partition coefficient (Wildman–Crippen LogP) is 4.36. The standard InChI is InChI=1S/C17H20ClNO/c1-4-20-15-7-5-6-13(11-15)17(19-3)16-9-8-14(18)10-12(16)2/h5-11,17,19H,4H2,1-3H3. The van der Waals surface area contributed by atoms with Gasteiger partial charge in [0.2, 0.25) is 0 Å². The Morgan fingerprint density at radius 2 is 2.00 bits per heavy atom. The zero-order valence-corrected chi connectivity index (χ0v) is 12.9. The molecule has 2 rings (SSSR count). The van der Waals surface area contributed by atoms with Gasteiger partial charge in [0.1, 0.15) is 5.75 Å². The fraction of sp³-hybridized carbons (Fsp3) is 0.294. The maximum absolute atomic E-state index is 6.04. The van der Waals surface area contributed by atoms with E-state index in [1.54, 1.807) is 0 Å². The maximum Gasteiger partial charge on any atom is 0.119 e. The third kappa shape index (κ3) is 3.33. The number of hydrogen-bond acceptors (Lipinski definition) is 2. The largest absolute Gasteiger partial charge is 0.494 e. The lowest BCUT2D eigenvalue weighted by Gasteiger charge is -2.20. The normalized spacial score (nSPS) is 12.2. The molecule has 1 atom stereocenters. The highest BCUT2D eigenvalue weighted by Gasteiger charge is 2.15. The Morgan fingerprint density at radius 1 is 1.20 bits per heavy atom. The first-order valence-corrected chi connectivity index (χ1v) is 7.19. The van der Waals surface area contributed by atoms with Crippen LogP contribution < -0.4 is 10.1 Å². The van der Waals surface area contributed by atoms with Gasteiger partial charge in [0.15, 0.2) is 0 Å². The minimum absolute atomic E-state index is 0.132. The summed E-state index contributed by atoms with van der Waals surface area (Å²) in [4.78, 5) is 0. The fourth-order valence-corrected chi connectivity index (χ4v) is 2.64. The zero-order valence-electron chi connectivity index (χ0n) is 12.1. The lowest BCUT2D eigenvalue weighted by Crippen LogP contribution is -2.18. The van der Waals surface area contributed by atoms with E-state index in [1.807, 2.05) is 38.2 Å². The summed E-state index contributed by atoms with van der Waals surface area (Å²) in [5, 5.41) is 4.13. The van der Waals surface area contributed by atoms with Crippen LogP contribution in [0, 0.1) is 6.92 Å². The molecular formula is C17H20ClNO. The fourth-order valence-electron chi connectivity index (χ4n) is 2.42. The maximum atomic E-state index is 6.04. The van der Waals surface area contributed by atoms with Crippen LogP contribution in [-0.2, 0) is 0 Å². The third-order valence-corrected chi connectivity index (χ3v) is 3.57. The third-order valence-electron chi connectivity index (χ3n) is 3.33. The predicted molar refractivity (Wildman–Crippen MR) is 84.7 cm³/mol. The Bertz CT molecular complexity index is 583. The average Bonchev–Trinajstić information content (AvgIpc) is 2.43. The lowest BCUT2D eigenvalue weighted by molar-refractivity contribution is 0.339. The monoisotopic (exact) mass is 289 g/mol. The van der Waals surface area contributed by atoms with Gasteiger partial charge in [-0.05, 0) is 61.9 Å². The zero-order chi connectivity index (χ0) is 14.5. The van der Waals surface area contributed by atoms with E-state index in [1.165, 1.54) is 16.7 Å². The quantitative estimate of drug-likeness (QED) is 0.883. The average molecular weight is 290 g/mol. The van der Waals surface area contributed by atoms with E-state index < -0.39 is 0 Å². The topological polar surface area (TPSA) is 21.3 Å². The second-order valence-corrected chi connectivity index (χ2v) is 5.16. The highest BCUT2D eigenvalue weighted by Crippen LogP contribution is 2.28. The first-order valence-electron chi connectivity index (χ1n) is 6.81. The molecule has 0 amide bonds. The van der Waals surface area contributed by atoms with Crippen molar-refractivity contribution in [1.82, 2.24) is 5.32 Å². The van der Waals surface area contributed by atoms with Gasteiger partial charge in [0.25, 0.3) is 0 Å². The smallest absolute Gasteiger partial charge is 0.119 e. The van der Waals surface area contributed by atoms with Crippen molar-refractivity contribution in [1.29, 1.82) is 0 Å². The summed E-state index contributed by atoms with van der Waals surface area (Å²) in [5.41, 5.74) is 3.59. The molecule has 106 valence electrons. The van der Waals surface area contributed by atoms with Crippen LogP contribution in [0.2, 0.25) is 5.02 Å². The molecule has 0 aliphatic rings. The Morgan fingerprint density at radius 3 is 2.65 bits per heavy atom. The summed E-state index contributed by atoms with van der Waals surface area (Å²) in [6, 6.07) is 14.3. The summed E-state index contributed by atoms with van der Waals surface area (Å²) in [5.74, 6) is 0.900. The van der Waals surface area contributed by atoms with Crippen molar-refractivity contribution in [3.8, 4) is 5.75 Å². The molecule has 0 heterocycles. The molecule has 0 aliphatic carbocycles. The number of nitrogens with one attached hydrogen (secondary N) is 1. The number of aryl methyl sites for hydroxylation is 1. The van der Waals surface area contributed by atoms with Crippen molar-refractivity contribution in [3.63, 3.8) is 0 Å². The highest BCUT2D eigenvalue weighted by molar-refractivity contribution is 6.30. The second-order valence-electron chi connectivity index (χ2n) is 4.73. The molecule has 0 aromatic heterocycles. The molecule has 0 saturated carbocycles. The van der Waals surface area contributed by atoms with Crippen LogP contribution in [0.25, 0.3) is 0 Å². The van der Waals surface area contributed by atoms with Crippen LogP contribution in [0.15, 0.2) is 42.5 Å². The Balaban J connectivity index is 2.38. The molecule has 1 N–H and O–H groups in total. The van der Waals surface area contributed by atoms with Gasteiger partial charge in [0.05, 0.1) is 12.6 Å². The second kappa shape index (κ2) is 6.78. The van der Waals surface area contributed by atoms with E-state index in [0.717, 1.165) is 10.8 Å². The summed E-state index contributed by atoms with van der Waals surface area (Å²) in [6.07, 6.45) is 0. The minimum Gasteiger partial charge on any atom is -0.494 e. The molecule has 0 aliphatic heterocycles. The first-order chi connectivity index (χ1) is 9.65. The van der Waals surface area contributed by atoms with E-state index in [4.69, 9.17) is 16.3 Å². The summed E-state index contributed by atoms with van der Waals surface area (Å²) in [7, 11) is 1.96. The van der Waals surface area contributed by atoms with Crippen LogP contribution in [0.4, 0.5) is 0 Å². The molecule has 0 fully saturated rings. The van der Waals surface area contributed by atoms with Gasteiger partial charge in [0, 0.05) is 5.02 Å². The molecule has 0 radical (unpaired) electrons. The van der Waals surface area contributed by atoms with E-state index in [0.29, 0.717) is 6.61 Å². The highest BCUT2D eigenvalue weighted by atomic mass is 35.5. The van der Waals surface area contributed by atoms with Gasteiger partial charge in [-0.1, -0.05) is 29.8 Å². The molecule has 0 spiro atoms. The number of ether oxygens (including phenoxy) is 1. The number of benzene rings is 2. The molecule has 2 aromatic carbocycles. The van der Waals surface area contributed by atoms with Crippen LogP contribution in [0.3, 0.4) is 0 Å². The van der Waals surface area contributed by atoms with Crippen LogP contribution in [0.1, 0.15) is 29.7 Å². The molecule has 0 saturated heterocycles. The van der Waals surface area contributed by atoms with E-state index in [-0.39, 0.29) is 6.04 Å². The van der Waals surface area contributed by atoms with Gasteiger partial charge in [-0.15, -0.1) is 0 Å². The Hall–Kier alpha value is -1.51. The Kier molecular flexibility index (Phi) is 5.05. The van der Waals surface area contributed by atoms with Gasteiger partial charge < -0.3 is 10.1 Å². The molecular weight excluding hydrogens is 270 g/mol. The molecule has 2 aromatic rings. The number of rotatable bonds is 5. The summed E-state index contributed by atoms with van der Waals surface area (Å²) >= 11 is 6.04. The molecule has 20 heavy (non-hydrogen) atoms. The van der Waals surface area contributed by atoms with Crippen LogP contribution in [-0.4, -0.2) is 13.7 Å². The summed E-state index contributed by atoms with van der Waals surface area (Å²) in [6.45, 7) is 4.75.